The van der Waals surface area contributed by atoms with Crippen molar-refractivity contribution in [2.45, 2.75) is 19.8 Å². The van der Waals surface area contributed by atoms with E-state index in [-0.39, 0.29) is 18.2 Å². The Morgan fingerprint density at radius 3 is 2.73 bits per heavy atom. The molecule has 0 unspecified atom stereocenters. The summed E-state index contributed by atoms with van der Waals surface area (Å²) in [5, 5.41) is 3.27. The molecule has 0 radical (unpaired) electrons. The molecule has 1 aliphatic rings. The molecule has 5 heteroatoms. The van der Waals surface area contributed by atoms with Crippen molar-refractivity contribution in [3.8, 4) is 0 Å². The highest BCUT2D eigenvalue weighted by Crippen LogP contribution is 2.33. The van der Waals surface area contributed by atoms with Crippen molar-refractivity contribution in [2.24, 2.45) is 0 Å². The molecule has 1 N–H and O–H groups in total. The number of anilines is 2. The first kappa shape index (κ1) is 14.3. The fourth-order valence-electron chi connectivity index (χ4n) is 2.74. The van der Waals surface area contributed by atoms with E-state index in [1.165, 1.54) is 11.8 Å². The van der Waals surface area contributed by atoms with Gasteiger partial charge in [-0.25, -0.2) is 4.90 Å². The maximum absolute atomic E-state index is 12.6. The molecule has 3 rings (SSSR count). The number of pyridine rings is 1. The van der Waals surface area contributed by atoms with E-state index in [0.29, 0.717) is 5.69 Å². The van der Waals surface area contributed by atoms with Crippen molar-refractivity contribution in [2.75, 3.05) is 16.8 Å². The van der Waals surface area contributed by atoms with Crippen molar-refractivity contribution >= 4 is 23.2 Å². The molecule has 112 valence electrons. The van der Waals surface area contributed by atoms with Crippen LogP contribution in [0.5, 0.6) is 0 Å². The third-order valence-corrected chi connectivity index (χ3v) is 3.73. The standard InChI is InChI=1S/C17H17N3O2/c1-12(21)20(16(22)11-13-5-8-18-9-6-13)15-4-2-3-14-7-10-19-17(14)15/h2-6,8-9,19H,7,10-11H2,1H3. The number of carbonyl (C=O) groups is 2. The van der Waals surface area contributed by atoms with E-state index < -0.39 is 0 Å². The molecular weight excluding hydrogens is 278 g/mol. The number of nitrogens with zero attached hydrogens (tertiary/aromatic N) is 2. The predicted octanol–water partition coefficient (Wildman–Crippen LogP) is 2.17. The summed E-state index contributed by atoms with van der Waals surface area (Å²) in [6.07, 6.45) is 4.37. The van der Waals surface area contributed by atoms with Gasteiger partial charge in [0.05, 0.1) is 17.8 Å². The molecule has 1 aromatic carbocycles. The molecule has 1 aliphatic heterocycles. The molecular formula is C17H17N3O2. The molecule has 0 atom stereocenters. The summed E-state index contributed by atoms with van der Waals surface area (Å²) < 4.78 is 0. The highest BCUT2D eigenvalue weighted by Gasteiger charge is 2.25. The molecule has 22 heavy (non-hydrogen) atoms. The van der Waals surface area contributed by atoms with Crippen LogP contribution in [0.4, 0.5) is 11.4 Å². The Hall–Kier alpha value is -2.69. The van der Waals surface area contributed by atoms with Crippen LogP contribution in [-0.4, -0.2) is 23.3 Å². The minimum atomic E-state index is -0.277. The Morgan fingerprint density at radius 1 is 1.23 bits per heavy atom. The average molecular weight is 295 g/mol. The van der Waals surface area contributed by atoms with Crippen LogP contribution in [0.15, 0.2) is 42.7 Å². The van der Waals surface area contributed by atoms with Gasteiger partial charge in [0.1, 0.15) is 0 Å². The second kappa shape index (κ2) is 5.97. The molecule has 2 amide bonds. The Morgan fingerprint density at radius 2 is 2.00 bits per heavy atom. The van der Waals surface area contributed by atoms with Crippen LogP contribution < -0.4 is 10.2 Å². The van der Waals surface area contributed by atoms with Crippen LogP contribution in [0.2, 0.25) is 0 Å². The lowest BCUT2D eigenvalue weighted by Crippen LogP contribution is -2.36. The van der Waals surface area contributed by atoms with Crippen LogP contribution in [0.25, 0.3) is 0 Å². The fraction of sp³-hybridized carbons (Fsp3) is 0.235. The van der Waals surface area contributed by atoms with Crippen molar-refractivity contribution in [3.05, 3.63) is 53.9 Å². The van der Waals surface area contributed by atoms with Crippen molar-refractivity contribution in [1.82, 2.24) is 4.98 Å². The Bertz CT molecular complexity index is 713. The van der Waals surface area contributed by atoms with Crippen molar-refractivity contribution < 1.29 is 9.59 Å². The average Bonchev–Trinajstić information content (AvgIpc) is 2.97. The van der Waals surface area contributed by atoms with Gasteiger partial charge in [-0.05, 0) is 35.7 Å². The molecule has 2 heterocycles. The second-order valence-electron chi connectivity index (χ2n) is 5.27. The summed E-state index contributed by atoms with van der Waals surface area (Å²) in [7, 11) is 0. The van der Waals surface area contributed by atoms with Gasteiger partial charge < -0.3 is 5.32 Å². The van der Waals surface area contributed by atoms with E-state index in [9.17, 15) is 9.59 Å². The molecule has 0 spiro atoms. The second-order valence-corrected chi connectivity index (χ2v) is 5.27. The van der Waals surface area contributed by atoms with Gasteiger partial charge in [-0.15, -0.1) is 0 Å². The Balaban J connectivity index is 1.92. The number of para-hydroxylation sites is 1. The number of amides is 2. The van der Waals surface area contributed by atoms with E-state index in [4.69, 9.17) is 0 Å². The molecule has 2 aromatic rings. The number of hydrogen-bond acceptors (Lipinski definition) is 4. The molecule has 1 aromatic heterocycles. The normalized spacial score (nSPS) is 12.4. The zero-order chi connectivity index (χ0) is 15.5. The lowest BCUT2D eigenvalue weighted by atomic mass is 10.1. The van der Waals surface area contributed by atoms with Gasteiger partial charge in [-0.1, -0.05) is 12.1 Å². The van der Waals surface area contributed by atoms with Crippen molar-refractivity contribution in [3.63, 3.8) is 0 Å². The third-order valence-electron chi connectivity index (χ3n) is 3.73. The predicted molar refractivity (Wildman–Crippen MR) is 84.7 cm³/mol. The van der Waals surface area contributed by atoms with Crippen LogP contribution in [-0.2, 0) is 22.4 Å². The van der Waals surface area contributed by atoms with E-state index in [2.05, 4.69) is 10.3 Å². The zero-order valence-electron chi connectivity index (χ0n) is 12.4. The molecule has 0 saturated carbocycles. The first-order valence-corrected chi connectivity index (χ1v) is 7.25. The van der Waals surface area contributed by atoms with Gasteiger partial charge >= 0.3 is 0 Å². The van der Waals surface area contributed by atoms with E-state index in [0.717, 1.165) is 29.8 Å². The first-order valence-electron chi connectivity index (χ1n) is 7.25. The molecule has 0 aliphatic carbocycles. The summed E-state index contributed by atoms with van der Waals surface area (Å²) in [6, 6.07) is 9.28. The topological polar surface area (TPSA) is 62.3 Å². The number of benzene rings is 1. The van der Waals surface area contributed by atoms with Crippen LogP contribution in [0.3, 0.4) is 0 Å². The van der Waals surface area contributed by atoms with E-state index in [1.807, 2.05) is 18.2 Å². The van der Waals surface area contributed by atoms with Gasteiger partial charge in [0.2, 0.25) is 11.8 Å². The van der Waals surface area contributed by atoms with Crippen molar-refractivity contribution in [1.29, 1.82) is 0 Å². The lowest BCUT2D eigenvalue weighted by Gasteiger charge is -2.22. The van der Waals surface area contributed by atoms with E-state index >= 15 is 0 Å². The lowest BCUT2D eigenvalue weighted by molar-refractivity contribution is -0.125. The summed E-state index contributed by atoms with van der Waals surface area (Å²) in [6.45, 7) is 2.25. The highest BCUT2D eigenvalue weighted by molar-refractivity contribution is 6.16. The minimum Gasteiger partial charge on any atom is -0.383 e. The number of fused-ring (bicyclic) bond motifs is 1. The number of carbonyl (C=O) groups excluding carboxylic acids is 2. The van der Waals surface area contributed by atoms with E-state index in [1.54, 1.807) is 24.5 Å². The van der Waals surface area contributed by atoms with Crippen LogP contribution in [0.1, 0.15) is 18.1 Å². The maximum atomic E-state index is 12.6. The third kappa shape index (κ3) is 2.70. The first-order chi connectivity index (χ1) is 10.7. The number of aromatic nitrogens is 1. The van der Waals surface area contributed by atoms with Gasteiger partial charge in [0.15, 0.2) is 0 Å². The SMILES string of the molecule is CC(=O)N(C(=O)Cc1ccncc1)c1cccc2c1NCC2. The van der Waals surface area contributed by atoms with Crippen LogP contribution in [0, 0.1) is 0 Å². The Labute approximate surface area is 129 Å². The Kier molecular flexibility index (Phi) is 3.87. The van der Waals surface area contributed by atoms with Gasteiger partial charge in [-0.3, -0.25) is 14.6 Å². The number of rotatable bonds is 3. The smallest absolute Gasteiger partial charge is 0.238 e. The van der Waals surface area contributed by atoms with Gasteiger partial charge in [0.25, 0.3) is 0 Å². The summed E-state index contributed by atoms with van der Waals surface area (Å²) in [5.74, 6) is -0.512. The minimum absolute atomic E-state index is 0.172. The fourth-order valence-corrected chi connectivity index (χ4v) is 2.74. The molecule has 0 fully saturated rings. The molecule has 0 bridgehead atoms. The zero-order valence-corrected chi connectivity index (χ0v) is 12.4. The van der Waals surface area contributed by atoms with Gasteiger partial charge in [0, 0.05) is 25.9 Å². The summed E-state index contributed by atoms with van der Waals surface area (Å²) in [4.78, 5) is 29.8. The maximum Gasteiger partial charge on any atom is 0.238 e. The summed E-state index contributed by atoms with van der Waals surface area (Å²) >= 11 is 0. The molecule has 0 saturated heterocycles. The number of nitrogens with one attached hydrogen (secondary N) is 1. The largest absolute Gasteiger partial charge is 0.383 e. The highest BCUT2D eigenvalue weighted by atomic mass is 16.2. The van der Waals surface area contributed by atoms with Gasteiger partial charge in [-0.2, -0.15) is 0 Å². The van der Waals surface area contributed by atoms with Crippen LogP contribution >= 0.6 is 0 Å². The summed E-state index contributed by atoms with van der Waals surface area (Å²) in [5.41, 5.74) is 3.51. The molecule has 5 nitrogen and oxygen atoms in total. The number of imide groups is 1. The monoisotopic (exact) mass is 295 g/mol. The quantitative estimate of drug-likeness (QED) is 0.942. The number of hydrogen-bond donors (Lipinski definition) is 1.